The van der Waals surface area contributed by atoms with E-state index in [2.05, 4.69) is 15.3 Å². The lowest BCUT2D eigenvalue weighted by Crippen LogP contribution is -2.53. The molecule has 4 rings (SSSR count). The Labute approximate surface area is 191 Å². The van der Waals surface area contributed by atoms with Crippen LogP contribution in [-0.2, 0) is 9.53 Å². The third-order valence-electron chi connectivity index (χ3n) is 5.97. The molecule has 2 aliphatic heterocycles. The van der Waals surface area contributed by atoms with Gasteiger partial charge in [-0.25, -0.2) is 4.98 Å². The minimum Gasteiger partial charge on any atom is -0.490 e. The second-order valence-corrected chi connectivity index (χ2v) is 8.42. The molecule has 0 saturated carbocycles. The number of hydrogen-bond donors (Lipinski definition) is 1. The number of ether oxygens (including phenoxy) is 2. The highest BCUT2D eigenvalue weighted by atomic mass is 16.5. The molecule has 1 N–H and O–H groups in total. The van der Waals surface area contributed by atoms with Gasteiger partial charge in [-0.15, -0.1) is 0 Å². The molecule has 3 atom stereocenters. The highest BCUT2D eigenvalue weighted by molar-refractivity contribution is 6.04. The number of hydrogen-bond acceptors (Lipinski definition) is 7. The zero-order valence-corrected chi connectivity index (χ0v) is 18.9. The fraction of sp³-hybridized carbons (Fsp3) is 0.435. The van der Waals surface area contributed by atoms with Gasteiger partial charge < -0.3 is 24.6 Å². The Morgan fingerprint density at radius 1 is 1.24 bits per heavy atom. The van der Waals surface area contributed by atoms with E-state index in [1.807, 2.05) is 0 Å². The van der Waals surface area contributed by atoms with Crippen LogP contribution in [0, 0.1) is 0 Å². The number of anilines is 1. The molecule has 3 amide bonds. The van der Waals surface area contributed by atoms with Gasteiger partial charge in [0.1, 0.15) is 24.2 Å². The van der Waals surface area contributed by atoms with Crippen molar-refractivity contribution in [2.45, 2.75) is 37.5 Å². The maximum Gasteiger partial charge on any atom is 0.275 e. The number of benzene rings is 1. The van der Waals surface area contributed by atoms with Crippen LogP contribution in [-0.4, -0.2) is 83.5 Å². The maximum atomic E-state index is 13.3. The number of nitrogens with zero attached hydrogens (tertiary/aromatic N) is 4. The predicted octanol–water partition coefficient (Wildman–Crippen LogP) is 1.59. The van der Waals surface area contributed by atoms with Gasteiger partial charge in [-0.05, 0) is 31.0 Å². The van der Waals surface area contributed by atoms with Gasteiger partial charge >= 0.3 is 0 Å². The lowest BCUT2D eigenvalue weighted by molar-refractivity contribution is -0.140. The molecule has 174 valence electrons. The van der Waals surface area contributed by atoms with E-state index in [0.717, 1.165) is 0 Å². The van der Waals surface area contributed by atoms with Crippen molar-refractivity contribution in [3.63, 3.8) is 0 Å². The molecule has 10 heteroatoms. The summed E-state index contributed by atoms with van der Waals surface area (Å²) < 4.78 is 12.1. The summed E-state index contributed by atoms with van der Waals surface area (Å²) in [6, 6.07) is 4.75. The molecule has 1 fully saturated rings. The first kappa shape index (κ1) is 22.7. The summed E-state index contributed by atoms with van der Waals surface area (Å²) in [5, 5.41) is 2.74. The number of rotatable bonds is 4. The molecule has 3 heterocycles. The van der Waals surface area contributed by atoms with E-state index in [4.69, 9.17) is 9.47 Å². The van der Waals surface area contributed by atoms with E-state index in [-0.39, 0.29) is 42.4 Å². The highest BCUT2D eigenvalue weighted by Gasteiger charge is 2.39. The molecular formula is C23H27N5O5. The minimum absolute atomic E-state index is 0.0102. The Hall–Kier alpha value is -3.53. The molecular weight excluding hydrogens is 426 g/mol. The van der Waals surface area contributed by atoms with Crippen molar-refractivity contribution in [1.82, 2.24) is 19.8 Å². The fourth-order valence-electron chi connectivity index (χ4n) is 4.09. The maximum absolute atomic E-state index is 13.3. The molecule has 1 aromatic heterocycles. The van der Waals surface area contributed by atoms with Gasteiger partial charge in [-0.1, -0.05) is 0 Å². The topological polar surface area (TPSA) is 114 Å². The van der Waals surface area contributed by atoms with Crippen molar-refractivity contribution >= 4 is 23.4 Å². The summed E-state index contributed by atoms with van der Waals surface area (Å²) in [7, 11) is 5.19. The van der Waals surface area contributed by atoms with Crippen molar-refractivity contribution in [2.24, 2.45) is 0 Å². The zero-order chi connectivity index (χ0) is 23.5. The van der Waals surface area contributed by atoms with Crippen LogP contribution < -0.4 is 10.1 Å². The average molecular weight is 453 g/mol. The molecule has 33 heavy (non-hydrogen) atoms. The third kappa shape index (κ3) is 4.95. The van der Waals surface area contributed by atoms with Crippen LogP contribution in [0.25, 0.3) is 0 Å². The molecule has 1 aromatic carbocycles. The predicted molar refractivity (Wildman–Crippen MR) is 119 cm³/mol. The van der Waals surface area contributed by atoms with Crippen molar-refractivity contribution in [2.75, 3.05) is 33.1 Å². The lowest BCUT2D eigenvalue weighted by atomic mass is 9.94. The van der Waals surface area contributed by atoms with Gasteiger partial charge in [0.25, 0.3) is 11.8 Å². The van der Waals surface area contributed by atoms with Crippen molar-refractivity contribution in [1.29, 1.82) is 0 Å². The van der Waals surface area contributed by atoms with E-state index in [1.165, 1.54) is 18.6 Å². The second kappa shape index (κ2) is 9.53. The van der Waals surface area contributed by atoms with Crippen molar-refractivity contribution < 1.29 is 23.9 Å². The first-order valence-corrected chi connectivity index (χ1v) is 10.8. The molecule has 0 aliphatic carbocycles. The number of nitrogens with one attached hydrogen (secondary N) is 1. The van der Waals surface area contributed by atoms with Gasteiger partial charge in [0.2, 0.25) is 5.91 Å². The number of carbonyl (C=O) groups is 3. The number of likely N-dealkylation sites (N-methyl/N-ethyl adjacent to an activating group) is 1. The number of carbonyl (C=O) groups excluding carboxylic acids is 3. The lowest BCUT2D eigenvalue weighted by Gasteiger charge is -2.42. The van der Waals surface area contributed by atoms with E-state index in [9.17, 15) is 14.4 Å². The Morgan fingerprint density at radius 3 is 2.79 bits per heavy atom. The van der Waals surface area contributed by atoms with Crippen LogP contribution in [0.1, 0.15) is 40.1 Å². The van der Waals surface area contributed by atoms with Gasteiger partial charge in [-0.2, -0.15) is 0 Å². The third-order valence-corrected chi connectivity index (χ3v) is 5.97. The number of aromatic nitrogens is 2. The standard InChI is InChI=1S/C23H27N5O5/c1-27(2)21(29)11-15-5-6-18-20(33-15)13-32-19-7-4-14(10-16(19)23(31)28(18)3)26-22(30)17-12-24-8-9-25-17/h4,7-10,12,15,18,20H,5-6,11,13H2,1-3H3,(H,26,30)/t15-,18-,20+/m1/s1. The van der Waals surface area contributed by atoms with Crippen molar-refractivity contribution in [3.8, 4) is 5.75 Å². The van der Waals surface area contributed by atoms with E-state index in [0.29, 0.717) is 36.3 Å². The zero-order valence-electron chi connectivity index (χ0n) is 18.9. The summed E-state index contributed by atoms with van der Waals surface area (Å²) in [5.41, 5.74) is 0.986. The summed E-state index contributed by atoms with van der Waals surface area (Å²) in [6.07, 6.45) is 5.44. The van der Waals surface area contributed by atoms with Crippen molar-refractivity contribution in [3.05, 3.63) is 48.0 Å². The average Bonchev–Trinajstić information content (AvgIpc) is 2.82. The van der Waals surface area contributed by atoms with Gasteiger partial charge in [-0.3, -0.25) is 19.4 Å². The number of fused-ring (bicyclic) bond motifs is 2. The SMILES string of the molecule is CN(C)C(=O)C[C@H]1CC[C@@H]2[C@H](COc3ccc(NC(=O)c4cnccn4)cc3C(=O)N2C)O1. The van der Waals surface area contributed by atoms with Gasteiger partial charge in [0.05, 0.1) is 30.3 Å². The molecule has 0 radical (unpaired) electrons. The Morgan fingerprint density at radius 2 is 2.06 bits per heavy atom. The molecule has 0 unspecified atom stereocenters. The van der Waals surface area contributed by atoms with Gasteiger partial charge in [0, 0.05) is 39.2 Å². The molecule has 1 saturated heterocycles. The normalized spacial score (nSPS) is 22.2. The molecule has 0 spiro atoms. The first-order valence-electron chi connectivity index (χ1n) is 10.8. The molecule has 0 bridgehead atoms. The van der Waals surface area contributed by atoms with Crippen LogP contribution in [0.15, 0.2) is 36.8 Å². The largest absolute Gasteiger partial charge is 0.490 e. The number of amides is 3. The second-order valence-electron chi connectivity index (χ2n) is 8.42. The fourth-order valence-corrected chi connectivity index (χ4v) is 4.09. The highest BCUT2D eigenvalue weighted by Crippen LogP contribution is 2.32. The summed E-state index contributed by atoms with van der Waals surface area (Å²) in [5.74, 6) is -0.217. The van der Waals surface area contributed by atoms with Crippen LogP contribution >= 0.6 is 0 Å². The monoisotopic (exact) mass is 453 g/mol. The van der Waals surface area contributed by atoms with E-state index >= 15 is 0 Å². The quantitative estimate of drug-likeness (QED) is 0.748. The van der Waals surface area contributed by atoms with Crippen LogP contribution in [0.3, 0.4) is 0 Å². The summed E-state index contributed by atoms with van der Waals surface area (Å²) in [6.45, 7) is 0.257. The van der Waals surface area contributed by atoms with Crippen LogP contribution in [0.4, 0.5) is 5.69 Å². The molecule has 2 aromatic rings. The first-order chi connectivity index (χ1) is 15.8. The minimum atomic E-state index is -0.422. The van der Waals surface area contributed by atoms with Gasteiger partial charge in [0.15, 0.2) is 0 Å². The molecule has 10 nitrogen and oxygen atoms in total. The smallest absolute Gasteiger partial charge is 0.275 e. The van der Waals surface area contributed by atoms with Crippen LogP contribution in [0.5, 0.6) is 5.75 Å². The van der Waals surface area contributed by atoms with Crippen LogP contribution in [0.2, 0.25) is 0 Å². The molecule has 2 aliphatic rings. The summed E-state index contributed by atoms with van der Waals surface area (Å²) in [4.78, 5) is 48.9. The van der Waals surface area contributed by atoms with E-state index < -0.39 is 5.91 Å². The Bertz CT molecular complexity index is 1040. The Balaban J connectivity index is 1.50. The Kier molecular flexibility index (Phi) is 6.55. The summed E-state index contributed by atoms with van der Waals surface area (Å²) >= 11 is 0. The van der Waals surface area contributed by atoms with E-state index in [1.54, 1.807) is 49.1 Å².